The maximum atomic E-state index is 12.2. The Balaban J connectivity index is 0.000000673. The van der Waals surface area contributed by atoms with E-state index in [9.17, 15) is 45.5 Å². The lowest BCUT2D eigenvalue weighted by Gasteiger charge is -2.08. The number of ether oxygens (including phenoxy) is 1. The summed E-state index contributed by atoms with van der Waals surface area (Å²) in [5.74, 6) is -6.46. The standard InChI is InChI=1S/C9H6Cl3F3N2O4.C5H5F3N2O2.C3Cl3NO2/c10-8(11,12)4(18)3-6(19)20-2-1-5-16-7(21-17-5)9(13,14)15;6-5(7,8)4-9-3(1-2-11)10-12-4;4-3(5,6)2(9)7-1-8/h1-3H2;11H,1-2H2;. The molecule has 42 heavy (non-hydrogen) atoms. The fourth-order valence-corrected chi connectivity index (χ4v) is 2.01. The van der Waals surface area contributed by atoms with Crippen molar-refractivity contribution in [3.8, 4) is 0 Å². The lowest BCUT2D eigenvalue weighted by Crippen LogP contribution is -2.23. The molecule has 2 rings (SSSR count). The maximum absolute atomic E-state index is 12.2. The normalized spacial score (nSPS) is 11.7. The van der Waals surface area contributed by atoms with Gasteiger partial charge in [-0.3, -0.25) is 14.4 Å². The summed E-state index contributed by atoms with van der Waals surface area (Å²) in [6, 6.07) is 0. The number of rotatable bonds is 7. The van der Waals surface area contributed by atoms with Crippen molar-refractivity contribution in [1.29, 1.82) is 0 Å². The van der Waals surface area contributed by atoms with Crippen molar-refractivity contribution in [1.82, 2.24) is 20.3 Å². The molecule has 0 aliphatic heterocycles. The topological polar surface area (TPSA) is 188 Å². The van der Waals surface area contributed by atoms with Crippen LogP contribution in [0.2, 0.25) is 0 Å². The molecule has 25 heteroatoms. The minimum atomic E-state index is -4.75. The molecule has 0 saturated carbocycles. The Morgan fingerprint density at radius 3 is 1.60 bits per heavy atom. The van der Waals surface area contributed by atoms with Gasteiger partial charge in [0, 0.05) is 12.8 Å². The van der Waals surface area contributed by atoms with Crippen molar-refractivity contribution in [2.24, 2.45) is 4.99 Å². The van der Waals surface area contributed by atoms with Gasteiger partial charge in [0.2, 0.25) is 9.87 Å². The summed E-state index contributed by atoms with van der Waals surface area (Å²) in [6.07, 6.45) is -9.47. The zero-order chi connectivity index (χ0) is 32.9. The number of amides is 1. The molecule has 2 aromatic rings. The highest BCUT2D eigenvalue weighted by Gasteiger charge is 2.39. The largest absolute Gasteiger partial charge is 0.471 e. The molecule has 0 radical (unpaired) electrons. The van der Waals surface area contributed by atoms with Gasteiger partial charge in [-0.2, -0.15) is 36.3 Å². The number of carbonyl (C=O) groups is 3. The quantitative estimate of drug-likeness (QED) is 0.106. The number of hydrogen-bond donors (Lipinski definition) is 1. The van der Waals surface area contributed by atoms with Crippen molar-refractivity contribution in [3.63, 3.8) is 0 Å². The first-order chi connectivity index (χ1) is 19.0. The molecule has 2 aromatic heterocycles. The highest BCUT2D eigenvalue weighted by atomic mass is 35.6. The van der Waals surface area contributed by atoms with E-state index < -0.39 is 55.8 Å². The molecule has 0 atom stereocenters. The van der Waals surface area contributed by atoms with Crippen molar-refractivity contribution in [2.75, 3.05) is 13.2 Å². The van der Waals surface area contributed by atoms with Crippen LogP contribution in [0.15, 0.2) is 14.0 Å². The Morgan fingerprint density at radius 2 is 1.29 bits per heavy atom. The predicted molar refractivity (Wildman–Crippen MR) is 127 cm³/mol. The van der Waals surface area contributed by atoms with Crippen LogP contribution >= 0.6 is 69.6 Å². The molecule has 0 unspecified atom stereocenters. The number of ketones is 1. The van der Waals surface area contributed by atoms with E-state index >= 15 is 0 Å². The Bertz CT molecular complexity index is 1240. The number of isocyanates is 1. The number of aromatic nitrogens is 4. The number of nitrogens with zero attached hydrogens (tertiary/aromatic N) is 5. The monoisotopic (exact) mass is 737 g/mol. The van der Waals surface area contributed by atoms with Crippen LogP contribution < -0.4 is 0 Å². The summed E-state index contributed by atoms with van der Waals surface area (Å²) in [7, 11) is 0. The molecular formula is C17H11Cl6F6N5O8. The van der Waals surface area contributed by atoms with Crippen molar-refractivity contribution >= 4 is 93.3 Å². The zero-order valence-corrected chi connectivity index (χ0v) is 24.1. The molecule has 0 aliphatic carbocycles. The van der Waals surface area contributed by atoms with Gasteiger partial charge >= 0.3 is 36.0 Å². The molecule has 0 bridgehead atoms. The van der Waals surface area contributed by atoms with E-state index in [0.717, 1.165) is 6.08 Å². The number of halogens is 12. The van der Waals surface area contributed by atoms with Gasteiger partial charge in [-0.05, 0) is 0 Å². The van der Waals surface area contributed by atoms with Gasteiger partial charge in [-0.1, -0.05) is 79.9 Å². The number of aliphatic hydroxyl groups is 1. The fraction of sp³-hybridized carbons (Fsp3) is 0.529. The lowest BCUT2D eigenvalue weighted by molar-refractivity contribution is -0.160. The van der Waals surface area contributed by atoms with E-state index in [1.165, 1.54) is 0 Å². The van der Waals surface area contributed by atoms with E-state index in [2.05, 4.69) is 39.1 Å². The van der Waals surface area contributed by atoms with Crippen molar-refractivity contribution in [3.05, 3.63) is 23.4 Å². The third-order valence-corrected chi connectivity index (χ3v) is 4.47. The highest BCUT2D eigenvalue weighted by molar-refractivity contribution is 6.77. The summed E-state index contributed by atoms with van der Waals surface area (Å²) in [4.78, 5) is 50.6. The summed E-state index contributed by atoms with van der Waals surface area (Å²) >= 11 is 30.6. The molecule has 236 valence electrons. The van der Waals surface area contributed by atoms with E-state index in [-0.39, 0.29) is 37.7 Å². The number of hydrogen-bond acceptors (Lipinski definition) is 12. The van der Waals surface area contributed by atoms with Crippen LogP contribution in [0.1, 0.15) is 29.9 Å². The van der Waals surface area contributed by atoms with Crippen molar-refractivity contribution in [2.45, 2.75) is 39.2 Å². The van der Waals surface area contributed by atoms with E-state index in [1.54, 1.807) is 0 Å². The molecule has 2 heterocycles. The summed E-state index contributed by atoms with van der Waals surface area (Å²) < 4.78 is 79.8. The smallest absolute Gasteiger partial charge is 0.465 e. The van der Waals surface area contributed by atoms with Gasteiger partial charge in [0.25, 0.3) is 3.79 Å². The van der Waals surface area contributed by atoms with Crippen molar-refractivity contribution < 1.29 is 64.4 Å². The van der Waals surface area contributed by atoms with Crippen LogP contribution in [-0.2, 0) is 49.1 Å². The van der Waals surface area contributed by atoms with Gasteiger partial charge in [0.15, 0.2) is 17.4 Å². The molecule has 13 nitrogen and oxygen atoms in total. The van der Waals surface area contributed by atoms with Crippen LogP contribution in [0.3, 0.4) is 0 Å². The zero-order valence-electron chi connectivity index (χ0n) is 19.6. The Morgan fingerprint density at radius 1 is 0.833 bits per heavy atom. The lowest BCUT2D eigenvalue weighted by atomic mass is 10.3. The molecule has 0 saturated heterocycles. The molecule has 0 aliphatic rings. The van der Waals surface area contributed by atoms with Crippen LogP contribution in [-0.4, -0.2) is 69.9 Å². The third-order valence-electron chi connectivity index (χ3n) is 3.36. The highest BCUT2D eigenvalue weighted by Crippen LogP contribution is 2.29. The number of esters is 1. The number of aliphatic hydroxyl groups excluding tert-OH is 1. The van der Waals surface area contributed by atoms with Crippen LogP contribution in [0, 0.1) is 0 Å². The SMILES string of the molecule is O=C(CC(=O)C(Cl)(Cl)Cl)OCCc1noc(C(F)(F)F)n1.O=C=NC(=O)C(Cl)(Cl)Cl.OCCc1noc(C(F)(F)F)n1. The van der Waals surface area contributed by atoms with E-state index in [0.29, 0.717) is 0 Å². The Labute approximate surface area is 258 Å². The van der Waals surface area contributed by atoms with E-state index in [1.807, 2.05) is 0 Å². The first kappa shape index (κ1) is 39.8. The van der Waals surface area contributed by atoms with Crippen LogP contribution in [0.5, 0.6) is 0 Å². The molecule has 1 amide bonds. The Hall–Kier alpha value is -2.25. The average Bonchev–Trinajstić information content (AvgIpc) is 3.49. The molecule has 0 spiro atoms. The minimum absolute atomic E-state index is 0.0421. The summed E-state index contributed by atoms with van der Waals surface area (Å²) in [5, 5.41) is 14.4. The summed E-state index contributed by atoms with van der Waals surface area (Å²) in [6.45, 7) is -0.667. The second kappa shape index (κ2) is 17.1. The maximum Gasteiger partial charge on any atom is 0.471 e. The molecule has 1 N–H and O–H groups in total. The second-order valence-corrected chi connectivity index (χ2v) is 11.1. The molecule has 0 aromatic carbocycles. The number of carbonyl (C=O) groups excluding carboxylic acids is 4. The summed E-state index contributed by atoms with van der Waals surface area (Å²) in [5.41, 5.74) is 0. The first-order valence-electron chi connectivity index (χ1n) is 9.87. The van der Waals surface area contributed by atoms with Crippen LogP contribution in [0.4, 0.5) is 26.3 Å². The van der Waals surface area contributed by atoms with Gasteiger partial charge in [-0.25, -0.2) is 4.79 Å². The molecule has 0 fully saturated rings. The fourth-order valence-electron chi connectivity index (χ4n) is 1.68. The number of alkyl halides is 12. The number of aliphatic imine (C=N–C) groups is 1. The van der Waals surface area contributed by atoms with Gasteiger partial charge in [0.1, 0.15) is 6.42 Å². The first-order valence-corrected chi connectivity index (χ1v) is 12.1. The minimum Gasteiger partial charge on any atom is -0.465 e. The van der Waals surface area contributed by atoms with Crippen LogP contribution in [0.25, 0.3) is 0 Å². The molecular weight excluding hydrogens is 729 g/mol. The van der Waals surface area contributed by atoms with Gasteiger partial charge in [0.05, 0.1) is 13.2 Å². The van der Waals surface area contributed by atoms with E-state index in [4.69, 9.17) is 74.7 Å². The average molecular weight is 740 g/mol. The second-order valence-electron chi connectivity index (χ2n) is 6.57. The predicted octanol–water partition coefficient (Wildman–Crippen LogP) is 4.35. The third kappa shape index (κ3) is 16.4. The van der Waals surface area contributed by atoms with Gasteiger partial charge in [-0.15, -0.1) is 4.99 Å². The van der Waals surface area contributed by atoms with Gasteiger partial charge < -0.3 is 18.9 Å². The Kier molecular flexibility index (Phi) is 16.2. The number of Topliss-reactive ketones (excluding diaryl/α,β-unsaturated/α-hetero) is 1.